The molecule has 36 heavy (non-hydrogen) atoms. The Labute approximate surface area is 214 Å². The van der Waals surface area contributed by atoms with E-state index in [0.29, 0.717) is 0 Å². The van der Waals surface area contributed by atoms with Gasteiger partial charge in [0, 0.05) is 0 Å². The van der Waals surface area contributed by atoms with Crippen LogP contribution in [0.25, 0.3) is 49.4 Å². The molecule has 174 valence electrons. The van der Waals surface area contributed by atoms with E-state index in [4.69, 9.17) is 6.57 Å². The molecule has 0 heterocycles. The van der Waals surface area contributed by atoms with Crippen molar-refractivity contribution in [3.63, 3.8) is 0 Å². The van der Waals surface area contributed by atoms with Gasteiger partial charge in [0.25, 0.3) is 0 Å². The molecule has 0 aliphatic carbocycles. The minimum absolute atomic E-state index is 0.717. The van der Waals surface area contributed by atoms with Gasteiger partial charge < -0.3 is 0 Å². The number of nitrogens with zero attached hydrogens (tertiary/aromatic N) is 1. The van der Waals surface area contributed by atoms with Gasteiger partial charge in [0.2, 0.25) is 5.69 Å². The topological polar surface area (TPSA) is 4.36 Å². The number of rotatable bonds is 4. The molecule has 0 saturated carbocycles. The van der Waals surface area contributed by atoms with Crippen LogP contribution in [-0.2, 0) is 0 Å². The minimum atomic E-state index is 0.717. The van der Waals surface area contributed by atoms with Crippen LogP contribution in [0.3, 0.4) is 0 Å². The normalized spacial score (nSPS) is 10.8. The molecule has 0 aliphatic rings. The molecule has 0 unspecified atom stereocenters. The maximum atomic E-state index is 8.18. The van der Waals surface area contributed by atoms with Crippen LogP contribution in [-0.4, -0.2) is 0 Å². The molecule has 0 atom stereocenters. The second kappa shape index (κ2) is 9.68. The highest BCUT2D eigenvalue weighted by molar-refractivity contribution is 5.95. The molecule has 0 bridgehead atoms. The van der Waals surface area contributed by atoms with Crippen molar-refractivity contribution in [2.45, 2.75) is 27.7 Å². The zero-order valence-corrected chi connectivity index (χ0v) is 21.3. The van der Waals surface area contributed by atoms with Crippen molar-refractivity contribution >= 4 is 5.69 Å². The highest BCUT2D eigenvalue weighted by atomic mass is 14.7. The highest BCUT2D eigenvalue weighted by Gasteiger charge is 2.19. The van der Waals surface area contributed by atoms with Crippen molar-refractivity contribution < 1.29 is 0 Å². The summed E-state index contributed by atoms with van der Waals surface area (Å²) in [5.41, 5.74) is 14.6. The second-order valence-corrected chi connectivity index (χ2v) is 9.52. The van der Waals surface area contributed by atoms with Gasteiger partial charge in [0.15, 0.2) is 0 Å². The molecule has 0 N–H and O–H groups in total. The third-order valence-corrected chi connectivity index (χ3v) is 6.97. The average Bonchev–Trinajstić information content (AvgIpc) is 2.89. The van der Waals surface area contributed by atoms with Crippen molar-refractivity contribution in [1.82, 2.24) is 0 Å². The summed E-state index contributed by atoms with van der Waals surface area (Å²) in [5, 5.41) is 0. The SMILES string of the molecule is [C-]#[N+]c1c(-c2c(C)cc(-c3ccccc3)cc2C)cccc1-c1c(C)cc(-c2ccccc2)cc1C. The zero-order valence-electron chi connectivity index (χ0n) is 21.3. The number of para-hydroxylation sites is 1. The van der Waals surface area contributed by atoms with Crippen LogP contribution in [0.4, 0.5) is 5.69 Å². The summed E-state index contributed by atoms with van der Waals surface area (Å²) in [5.74, 6) is 0. The molecule has 1 nitrogen and oxygen atoms in total. The zero-order chi connectivity index (χ0) is 25.2. The molecule has 0 amide bonds. The van der Waals surface area contributed by atoms with E-state index in [9.17, 15) is 0 Å². The first kappa shape index (κ1) is 23.3. The van der Waals surface area contributed by atoms with Gasteiger partial charge in [-0.15, -0.1) is 0 Å². The Morgan fingerprint density at radius 3 is 1.14 bits per heavy atom. The van der Waals surface area contributed by atoms with E-state index < -0.39 is 0 Å². The predicted octanol–water partition coefficient (Wildman–Crippen LogP) is 10.1. The van der Waals surface area contributed by atoms with Gasteiger partial charge in [-0.1, -0.05) is 103 Å². The summed E-state index contributed by atoms with van der Waals surface area (Å²) >= 11 is 0. The van der Waals surface area contributed by atoms with Crippen LogP contribution in [0.5, 0.6) is 0 Å². The Kier molecular flexibility index (Phi) is 6.28. The third kappa shape index (κ3) is 4.23. The fourth-order valence-corrected chi connectivity index (χ4v) is 5.44. The van der Waals surface area contributed by atoms with Crippen molar-refractivity contribution in [3.05, 3.63) is 137 Å². The molecule has 0 aliphatic heterocycles. The first-order valence-corrected chi connectivity index (χ1v) is 12.3. The molecular weight excluding hydrogens is 434 g/mol. The van der Waals surface area contributed by atoms with Crippen molar-refractivity contribution in [2.24, 2.45) is 0 Å². The lowest BCUT2D eigenvalue weighted by Gasteiger charge is -2.19. The molecular formula is C35H29N. The van der Waals surface area contributed by atoms with E-state index in [1.54, 1.807) is 0 Å². The van der Waals surface area contributed by atoms with E-state index in [1.807, 2.05) is 12.1 Å². The fraction of sp³-hybridized carbons (Fsp3) is 0.114. The van der Waals surface area contributed by atoms with E-state index in [2.05, 4.69) is 124 Å². The van der Waals surface area contributed by atoms with E-state index in [1.165, 1.54) is 44.5 Å². The summed E-state index contributed by atoms with van der Waals surface area (Å²) in [6.45, 7) is 16.8. The molecule has 0 fully saturated rings. The molecule has 0 spiro atoms. The maximum absolute atomic E-state index is 8.18. The van der Waals surface area contributed by atoms with Crippen molar-refractivity contribution in [2.75, 3.05) is 0 Å². The molecule has 5 aromatic carbocycles. The smallest absolute Gasteiger partial charge is 0.202 e. The summed E-state index contributed by atoms with van der Waals surface area (Å²) in [6, 6.07) is 36.2. The van der Waals surface area contributed by atoms with Crippen LogP contribution >= 0.6 is 0 Å². The van der Waals surface area contributed by atoms with Gasteiger partial charge >= 0.3 is 0 Å². The second-order valence-electron chi connectivity index (χ2n) is 9.52. The third-order valence-electron chi connectivity index (χ3n) is 6.97. The van der Waals surface area contributed by atoms with Gasteiger partial charge in [0.05, 0.1) is 6.57 Å². The standard InChI is InChI=1S/C35H29N/c1-23-19-29(27-13-8-6-9-14-27)20-24(2)33(23)31-17-12-18-32(35(31)36-5)34-25(3)21-30(22-26(34)4)28-15-10-7-11-16-28/h6-22H,1-4H3. The highest BCUT2D eigenvalue weighted by Crippen LogP contribution is 2.44. The van der Waals surface area contributed by atoms with Crippen LogP contribution in [0, 0.1) is 34.3 Å². The van der Waals surface area contributed by atoms with Crippen molar-refractivity contribution in [1.29, 1.82) is 0 Å². The molecule has 0 radical (unpaired) electrons. The number of aryl methyl sites for hydroxylation is 4. The Morgan fingerprint density at radius 2 is 0.806 bits per heavy atom. The number of hydrogen-bond donors (Lipinski definition) is 0. The summed E-state index contributed by atoms with van der Waals surface area (Å²) in [6.07, 6.45) is 0. The fourth-order valence-electron chi connectivity index (χ4n) is 5.44. The van der Waals surface area contributed by atoms with E-state index >= 15 is 0 Å². The Balaban J connectivity index is 1.66. The summed E-state index contributed by atoms with van der Waals surface area (Å²) < 4.78 is 0. The number of benzene rings is 5. The summed E-state index contributed by atoms with van der Waals surface area (Å²) in [7, 11) is 0. The Bertz CT molecular complexity index is 1440. The molecule has 1 heteroatoms. The quantitative estimate of drug-likeness (QED) is 0.234. The molecule has 0 aromatic heterocycles. The first-order valence-electron chi connectivity index (χ1n) is 12.3. The lowest BCUT2D eigenvalue weighted by molar-refractivity contribution is 1.36. The van der Waals surface area contributed by atoms with Crippen LogP contribution in [0.15, 0.2) is 103 Å². The van der Waals surface area contributed by atoms with Gasteiger partial charge in [-0.05, 0) is 94.5 Å². The van der Waals surface area contributed by atoms with Crippen molar-refractivity contribution in [3.8, 4) is 44.5 Å². The summed E-state index contributed by atoms with van der Waals surface area (Å²) in [4.78, 5) is 4.10. The van der Waals surface area contributed by atoms with Crippen LogP contribution in [0.1, 0.15) is 22.3 Å². The van der Waals surface area contributed by atoms with Gasteiger partial charge in [-0.3, -0.25) is 0 Å². The lowest BCUT2D eigenvalue weighted by atomic mass is 9.86. The van der Waals surface area contributed by atoms with Crippen LogP contribution in [0.2, 0.25) is 0 Å². The van der Waals surface area contributed by atoms with E-state index in [0.717, 1.165) is 27.9 Å². The lowest BCUT2D eigenvalue weighted by Crippen LogP contribution is -1.94. The monoisotopic (exact) mass is 463 g/mol. The first-order chi connectivity index (χ1) is 17.5. The van der Waals surface area contributed by atoms with Gasteiger partial charge in [0.1, 0.15) is 0 Å². The number of hydrogen-bond acceptors (Lipinski definition) is 0. The average molecular weight is 464 g/mol. The maximum Gasteiger partial charge on any atom is 0.202 e. The van der Waals surface area contributed by atoms with Gasteiger partial charge in [-0.25, -0.2) is 4.85 Å². The Hall–Kier alpha value is -4.41. The van der Waals surface area contributed by atoms with E-state index in [-0.39, 0.29) is 0 Å². The minimum Gasteiger partial charge on any atom is -0.237 e. The Morgan fingerprint density at radius 1 is 0.444 bits per heavy atom. The van der Waals surface area contributed by atoms with Crippen LogP contribution < -0.4 is 0 Å². The molecule has 5 aromatic rings. The largest absolute Gasteiger partial charge is 0.237 e. The predicted molar refractivity (Wildman–Crippen MR) is 153 cm³/mol. The molecule has 5 rings (SSSR count). The van der Waals surface area contributed by atoms with Gasteiger partial charge in [-0.2, -0.15) is 0 Å². The molecule has 0 saturated heterocycles.